The monoisotopic (exact) mass is 335 g/mol. The van der Waals surface area contributed by atoms with Crippen LogP contribution in [0.3, 0.4) is 0 Å². The molecule has 2 rings (SSSR count). The summed E-state index contributed by atoms with van der Waals surface area (Å²) >= 11 is 3.46. The average molecular weight is 336 g/mol. The second-order valence-electron chi connectivity index (χ2n) is 4.86. The molecule has 0 spiro atoms. The summed E-state index contributed by atoms with van der Waals surface area (Å²) < 4.78 is 2.73. The second-order valence-corrected chi connectivity index (χ2v) is 5.77. The van der Waals surface area contributed by atoms with Gasteiger partial charge in [0.2, 0.25) is 0 Å². The van der Waals surface area contributed by atoms with Crippen molar-refractivity contribution in [2.24, 2.45) is 0 Å². The molecule has 0 radical (unpaired) electrons. The van der Waals surface area contributed by atoms with Crippen molar-refractivity contribution in [3.05, 3.63) is 45.2 Å². The van der Waals surface area contributed by atoms with Gasteiger partial charge in [-0.1, -0.05) is 15.9 Å². The standard InChI is InChI=1S/C15H18BrN3O/c1-5-19-13(8-11(4)18-19)15(20)17-14-9(2)6-12(16)7-10(14)3/h6-8H,5H2,1-4H3,(H,17,20). The Morgan fingerprint density at radius 1 is 1.25 bits per heavy atom. The molecule has 2 aromatic rings. The summed E-state index contributed by atoms with van der Waals surface area (Å²) in [7, 11) is 0. The van der Waals surface area contributed by atoms with E-state index in [0.717, 1.165) is 27.0 Å². The SMILES string of the molecule is CCn1nc(C)cc1C(=O)Nc1c(C)cc(Br)cc1C. The molecule has 0 fully saturated rings. The first-order valence-corrected chi connectivity index (χ1v) is 7.34. The molecule has 1 aromatic carbocycles. The van der Waals surface area contributed by atoms with Crippen molar-refractivity contribution >= 4 is 27.5 Å². The number of aryl methyl sites for hydroxylation is 4. The molecule has 106 valence electrons. The van der Waals surface area contributed by atoms with Gasteiger partial charge in [0.15, 0.2) is 0 Å². The number of amides is 1. The Morgan fingerprint density at radius 2 is 1.85 bits per heavy atom. The van der Waals surface area contributed by atoms with Crippen LogP contribution in [0.25, 0.3) is 0 Å². The zero-order chi connectivity index (χ0) is 14.9. The van der Waals surface area contributed by atoms with Crippen molar-refractivity contribution in [3.63, 3.8) is 0 Å². The van der Waals surface area contributed by atoms with Crippen LogP contribution in [-0.4, -0.2) is 15.7 Å². The van der Waals surface area contributed by atoms with E-state index in [2.05, 4.69) is 26.3 Å². The smallest absolute Gasteiger partial charge is 0.273 e. The van der Waals surface area contributed by atoms with Gasteiger partial charge in [-0.15, -0.1) is 0 Å². The van der Waals surface area contributed by atoms with Crippen LogP contribution in [0.1, 0.15) is 34.2 Å². The summed E-state index contributed by atoms with van der Waals surface area (Å²) in [6, 6.07) is 5.79. The molecule has 0 aliphatic carbocycles. The number of nitrogens with zero attached hydrogens (tertiary/aromatic N) is 2. The molecule has 0 aliphatic heterocycles. The van der Waals surface area contributed by atoms with Crippen molar-refractivity contribution in [3.8, 4) is 0 Å². The summed E-state index contributed by atoms with van der Waals surface area (Å²) in [6.45, 7) is 8.50. The van der Waals surface area contributed by atoms with Crippen LogP contribution in [-0.2, 0) is 6.54 Å². The molecule has 5 heteroatoms. The minimum Gasteiger partial charge on any atom is -0.320 e. The Balaban J connectivity index is 2.32. The molecule has 1 heterocycles. The molecule has 4 nitrogen and oxygen atoms in total. The molecular formula is C15H18BrN3O. The Bertz CT molecular complexity index is 638. The summed E-state index contributed by atoms with van der Waals surface area (Å²) in [6.07, 6.45) is 0. The van der Waals surface area contributed by atoms with Crippen LogP contribution >= 0.6 is 15.9 Å². The third-order valence-corrected chi connectivity index (χ3v) is 3.63. The number of hydrogen-bond acceptors (Lipinski definition) is 2. The minimum absolute atomic E-state index is 0.124. The van der Waals surface area contributed by atoms with Gasteiger partial charge in [0.25, 0.3) is 5.91 Å². The minimum atomic E-state index is -0.124. The van der Waals surface area contributed by atoms with E-state index in [0.29, 0.717) is 12.2 Å². The van der Waals surface area contributed by atoms with Crippen molar-refractivity contribution in [2.75, 3.05) is 5.32 Å². The first-order chi connectivity index (χ1) is 9.42. The molecule has 1 aromatic heterocycles. The average Bonchev–Trinajstić information content (AvgIpc) is 2.75. The van der Waals surface area contributed by atoms with E-state index >= 15 is 0 Å². The largest absolute Gasteiger partial charge is 0.320 e. The number of halogens is 1. The Labute approximate surface area is 127 Å². The predicted molar refractivity (Wildman–Crippen MR) is 84.2 cm³/mol. The number of nitrogens with one attached hydrogen (secondary N) is 1. The molecule has 0 unspecified atom stereocenters. The first kappa shape index (κ1) is 14.8. The zero-order valence-corrected chi connectivity index (χ0v) is 13.7. The number of benzene rings is 1. The highest BCUT2D eigenvalue weighted by Crippen LogP contribution is 2.25. The fourth-order valence-corrected chi connectivity index (χ4v) is 2.94. The zero-order valence-electron chi connectivity index (χ0n) is 12.1. The summed E-state index contributed by atoms with van der Waals surface area (Å²) in [5.74, 6) is -0.124. The number of anilines is 1. The number of carbonyl (C=O) groups is 1. The van der Waals surface area contributed by atoms with Crippen LogP contribution in [0.2, 0.25) is 0 Å². The Hall–Kier alpha value is -1.62. The van der Waals surface area contributed by atoms with E-state index in [-0.39, 0.29) is 5.91 Å². The van der Waals surface area contributed by atoms with Crippen molar-refractivity contribution in [1.82, 2.24) is 9.78 Å². The molecule has 1 amide bonds. The second kappa shape index (κ2) is 5.79. The van der Waals surface area contributed by atoms with Crippen LogP contribution < -0.4 is 5.32 Å². The van der Waals surface area contributed by atoms with E-state index in [4.69, 9.17) is 0 Å². The molecule has 0 saturated carbocycles. The molecule has 0 saturated heterocycles. The summed E-state index contributed by atoms with van der Waals surface area (Å²) in [5, 5.41) is 7.29. The van der Waals surface area contributed by atoms with Gasteiger partial charge < -0.3 is 5.32 Å². The maximum atomic E-state index is 12.4. The third kappa shape index (κ3) is 2.93. The lowest BCUT2D eigenvalue weighted by Crippen LogP contribution is -2.18. The predicted octanol–water partition coefficient (Wildman–Crippen LogP) is 3.84. The van der Waals surface area contributed by atoms with Crippen LogP contribution in [0.5, 0.6) is 0 Å². The lowest BCUT2D eigenvalue weighted by atomic mass is 10.1. The van der Waals surface area contributed by atoms with Crippen molar-refractivity contribution in [1.29, 1.82) is 0 Å². The highest BCUT2D eigenvalue weighted by atomic mass is 79.9. The fourth-order valence-electron chi connectivity index (χ4n) is 2.25. The normalized spacial score (nSPS) is 10.7. The Morgan fingerprint density at radius 3 is 2.40 bits per heavy atom. The molecule has 0 aliphatic rings. The van der Waals surface area contributed by atoms with Crippen LogP contribution in [0.15, 0.2) is 22.7 Å². The maximum absolute atomic E-state index is 12.4. The fraction of sp³-hybridized carbons (Fsp3) is 0.333. The van der Waals surface area contributed by atoms with Gasteiger partial charge in [0, 0.05) is 16.7 Å². The number of hydrogen-bond donors (Lipinski definition) is 1. The molecule has 20 heavy (non-hydrogen) atoms. The quantitative estimate of drug-likeness (QED) is 0.926. The van der Waals surface area contributed by atoms with Gasteiger partial charge in [-0.3, -0.25) is 9.48 Å². The van der Waals surface area contributed by atoms with E-state index in [1.54, 1.807) is 4.68 Å². The van der Waals surface area contributed by atoms with Crippen LogP contribution in [0, 0.1) is 20.8 Å². The molecule has 0 atom stereocenters. The number of carbonyl (C=O) groups excluding carboxylic acids is 1. The lowest BCUT2D eigenvalue weighted by molar-refractivity contribution is 0.101. The maximum Gasteiger partial charge on any atom is 0.273 e. The third-order valence-electron chi connectivity index (χ3n) is 3.17. The summed E-state index contributed by atoms with van der Waals surface area (Å²) in [4.78, 5) is 12.4. The van der Waals surface area contributed by atoms with Gasteiger partial charge >= 0.3 is 0 Å². The Kier molecular flexibility index (Phi) is 4.28. The van der Waals surface area contributed by atoms with Gasteiger partial charge in [-0.2, -0.15) is 5.10 Å². The van der Waals surface area contributed by atoms with Gasteiger partial charge in [-0.05, 0) is 57.0 Å². The van der Waals surface area contributed by atoms with E-state index < -0.39 is 0 Å². The van der Waals surface area contributed by atoms with E-state index in [9.17, 15) is 4.79 Å². The topological polar surface area (TPSA) is 46.9 Å². The molecule has 1 N–H and O–H groups in total. The van der Waals surface area contributed by atoms with Gasteiger partial charge in [0.1, 0.15) is 5.69 Å². The number of aromatic nitrogens is 2. The van der Waals surface area contributed by atoms with E-state index in [1.807, 2.05) is 45.9 Å². The van der Waals surface area contributed by atoms with E-state index in [1.165, 1.54) is 0 Å². The molecule has 0 bridgehead atoms. The first-order valence-electron chi connectivity index (χ1n) is 6.55. The number of rotatable bonds is 3. The van der Waals surface area contributed by atoms with Gasteiger partial charge in [-0.25, -0.2) is 0 Å². The highest BCUT2D eigenvalue weighted by molar-refractivity contribution is 9.10. The van der Waals surface area contributed by atoms with Crippen molar-refractivity contribution < 1.29 is 4.79 Å². The summed E-state index contributed by atoms with van der Waals surface area (Å²) in [5.41, 5.74) is 4.36. The lowest BCUT2D eigenvalue weighted by Gasteiger charge is -2.12. The van der Waals surface area contributed by atoms with Crippen LogP contribution in [0.4, 0.5) is 5.69 Å². The van der Waals surface area contributed by atoms with Gasteiger partial charge in [0.05, 0.1) is 5.69 Å². The highest BCUT2D eigenvalue weighted by Gasteiger charge is 2.15. The molecular weight excluding hydrogens is 318 g/mol. The van der Waals surface area contributed by atoms with Crippen molar-refractivity contribution in [2.45, 2.75) is 34.2 Å².